The molecule has 2 aromatic carbocycles. The van der Waals surface area contributed by atoms with E-state index in [1.54, 1.807) is 4.90 Å². The van der Waals surface area contributed by atoms with Crippen molar-refractivity contribution in [3.8, 4) is 22.5 Å². The smallest absolute Gasteiger partial charge is 0.330 e. The van der Waals surface area contributed by atoms with Gasteiger partial charge in [-0.2, -0.15) is 0 Å². The van der Waals surface area contributed by atoms with Crippen LogP contribution in [0.25, 0.3) is 22.5 Å². The van der Waals surface area contributed by atoms with Crippen molar-refractivity contribution in [1.82, 2.24) is 39.4 Å². The SMILES string of the molecule is CCCCCCCNC(=O)CCOCCOCCOCCOCCn1nnc2c1-c1ccccc1CN(C(=O)CCCCC(=O)CCCOCCOCCOCCOCCOP(=O)([O-])OC[C@H]1O[C@@H](n3cc(C)c(=O)[nH]c3=O)CC1OP(=O)([O-])OC[C@H]1O[C@@H](n3cc(C)c(=O)[nH]c3=O)CC1O)c1ccccc1-2. The minimum absolute atomic E-state index is 0.00744. The number of ketones is 1. The van der Waals surface area contributed by atoms with Gasteiger partial charge >= 0.3 is 11.4 Å². The summed E-state index contributed by atoms with van der Waals surface area (Å²) in [5, 5.41) is 22.8. The molecule has 8 atom stereocenters. The Morgan fingerprint density at radius 1 is 0.589 bits per heavy atom. The van der Waals surface area contributed by atoms with Gasteiger partial charge in [-0.05, 0) is 51.2 Å². The van der Waals surface area contributed by atoms with Crippen LogP contribution in [-0.4, -0.2) is 213 Å². The van der Waals surface area contributed by atoms with Crippen LogP contribution in [0.15, 0.2) is 80.1 Å². The van der Waals surface area contributed by atoms with E-state index in [9.17, 15) is 57.6 Å². The second-order valence-corrected chi connectivity index (χ2v) is 28.4. The van der Waals surface area contributed by atoms with Gasteiger partial charge in [0.15, 0.2) is 0 Å². The number of aliphatic hydroxyl groups is 1. The Morgan fingerprint density at radius 3 is 1.76 bits per heavy atom. The summed E-state index contributed by atoms with van der Waals surface area (Å²) in [4.78, 5) is 120. The number of aryl methyl sites for hydroxylation is 2. The van der Waals surface area contributed by atoms with Gasteiger partial charge in [0.05, 0.1) is 156 Å². The normalized spacial score (nSPS) is 18.8. The van der Waals surface area contributed by atoms with Gasteiger partial charge in [-0.15, -0.1) is 5.10 Å². The molecular weight excluding hydrogens is 1440 g/mol. The van der Waals surface area contributed by atoms with E-state index in [2.05, 4.69) is 32.5 Å². The molecule has 5 aromatic rings. The predicted octanol–water partition coefficient (Wildman–Crippen LogP) is 4.00. The number of benzene rings is 2. The Bertz CT molecular complexity index is 3930. The number of phosphoric acid groups is 2. The number of Topliss-reactive ketones (excluding diaryl/α,β-unsaturated/α-hetero) is 1. The Morgan fingerprint density at radius 2 is 1.11 bits per heavy atom. The van der Waals surface area contributed by atoms with E-state index < -0.39 is 94.8 Å². The number of unbranched alkanes of at least 4 members (excludes halogenated alkanes) is 5. The van der Waals surface area contributed by atoms with Crippen LogP contribution in [0, 0.1) is 13.8 Å². The van der Waals surface area contributed by atoms with Crippen molar-refractivity contribution in [2.24, 2.45) is 0 Å². The standard InChI is InChI=1S/C70H103N9O26P2/c1-4-5-6-7-14-24-71-61(82)23-27-93-30-33-96-36-37-97-34-31-94-28-25-79-66-54-19-10-8-16-52(54)47-76(56-21-12-11-20-55(56)65(66)74-75-79)62(83)22-13-9-17-53(80)18-15-26-92-29-32-95-35-38-98-39-40-99-41-42-100-106(88,89)101-49-60-58(44-64(104-60)78-46-51(3)68(85)73-70(78)87)105-107(90,91)102-48-59-57(81)43-63(103-59)77-45-50(2)67(84)72-69(77)86/h8,10-12,16,19-21,45-46,57-60,63-64,81H,4-7,9,13-15,17-18,22-44,47-49H2,1-3H3,(H,71,82)(H,88,89)(H,90,91)(H,72,84,86)(H,73,85,87)/p-2/t57?,58?,59-,60-,63-,64-/m1/s1. The summed E-state index contributed by atoms with van der Waals surface area (Å²) in [7, 11) is -10.4. The van der Waals surface area contributed by atoms with Crippen molar-refractivity contribution in [3.63, 3.8) is 0 Å². The van der Waals surface area contributed by atoms with Crippen molar-refractivity contribution in [2.75, 3.05) is 137 Å². The van der Waals surface area contributed by atoms with Crippen LogP contribution in [0.5, 0.6) is 0 Å². The lowest BCUT2D eigenvalue weighted by atomic mass is 9.95. The molecule has 4 N–H and O–H groups in total. The number of phosphoric ester groups is 2. The van der Waals surface area contributed by atoms with Gasteiger partial charge in [0, 0.05) is 86.3 Å². The summed E-state index contributed by atoms with van der Waals surface area (Å²) in [6, 6.07) is 15.6. The van der Waals surface area contributed by atoms with E-state index in [1.807, 2.05) is 53.2 Å². The lowest BCUT2D eigenvalue weighted by molar-refractivity contribution is -0.236. The summed E-state index contributed by atoms with van der Waals surface area (Å²) >= 11 is 0. The molecule has 107 heavy (non-hydrogen) atoms. The van der Waals surface area contributed by atoms with E-state index in [0.717, 1.165) is 50.0 Å². The summed E-state index contributed by atoms with van der Waals surface area (Å²) < 4.78 is 106. The molecule has 2 fully saturated rings. The van der Waals surface area contributed by atoms with Crippen molar-refractivity contribution < 1.29 is 104 Å². The maximum atomic E-state index is 14.1. The van der Waals surface area contributed by atoms with Crippen molar-refractivity contribution in [2.45, 2.75) is 161 Å². The molecule has 0 aliphatic carbocycles. The largest absolute Gasteiger partial charge is 0.756 e. The second kappa shape index (κ2) is 45.5. The first-order valence-corrected chi connectivity index (χ1v) is 39.3. The van der Waals surface area contributed by atoms with E-state index in [-0.39, 0.29) is 81.0 Å². The van der Waals surface area contributed by atoms with Gasteiger partial charge in [-0.25, -0.2) is 14.3 Å². The lowest BCUT2D eigenvalue weighted by Crippen LogP contribution is -2.34. The number of anilines is 1. The fourth-order valence-electron chi connectivity index (χ4n) is 11.8. The summed E-state index contributed by atoms with van der Waals surface area (Å²) in [6.07, 6.45) is 2.55. The maximum Gasteiger partial charge on any atom is 0.330 e. The van der Waals surface area contributed by atoms with E-state index in [4.69, 9.17) is 65.5 Å². The molecule has 4 unspecified atom stereocenters. The van der Waals surface area contributed by atoms with Crippen LogP contribution in [-0.2, 0) is 102 Å². The fraction of sp³-hybridized carbons (Fsp3) is 0.643. The van der Waals surface area contributed by atoms with Gasteiger partial charge < -0.3 is 90.6 Å². The molecule has 594 valence electrons. The number of para-hydroxylation sites is 1. The van der Waals surface area contributed by atoms with E-state index in [0.29, 0.717) is 137 Å². The van der Waals surface area contributed by atoms with Crippen molar-refractivity contribution >= 4 is 38.9 Å². The van der Waals surface area contributed by atoms with Gasteiger partial charge in [-0.1, -0.05) is 80.3 Å². The average Bonchev–Trinajstić information content (AvgIpc) is 1.67. The number of aromatic nitrogens is 7. The minimum atomic E-state index is -5.34. The van der Waals surface area contributed by atoms with Crippen molar-refractivity contribution in [3.05, 3.63) is 119 Å². The molecule has 0 spiro atoms. The third-order valence-corrected chi connectivity index (χ3v) is 19.5. The summed E-state index contributed by atoms with van der Waals surface area (Å²) in [5.41, 5.74) is 2.11. The second-order valence-electron chi connectivity index (χ2n) is 25.6. The number of hydrogen-bond acceptors (Lipinski definition) is 28. The highest BCUT2D eigenvalue weighted by molar-refractivity contribution is 7.46. The summed E-state index contributed by atoms with van der Waals surface area (Å²) in [6.45, 7) is 9.02. The van der Waals surface area contributed by atoms with Crippen LogP contribution in [0.1, 0.15) is 126 Å². The molecule has 35 nitrogen and oxygen atoms in total. The van der Waals surface area contributed by atoms with Gasteiger partial charge in [0.1, 0.15) is 36.1 Å². The van der Waals surface area contributed by atoms with Crippen LogP contribution < -0.4 is 42.5 Å². The third kappa shape index (κ3) is 28.6. The Kier molecular flexibility index (Phi) is 36.5. The molecule has 37 heteroatoms. The van der Waals surface area contributed by atoms with Gasteiger partial charge in [0.25, 0.3) is 26.8 Å². The van der Waals surface area contributed by atoms with Crippen LogP contribution in [0.4, 0.5) is 5.69 Å². The average molecular weight is 1550 g/mol. The highest BCUT2D eigenvalue weighted by atomic mass is 31.2. The monoisotopic (exact) mass is 1550 g/mol. The number of aromatic amines is 2. The number of H-pyrrole nitrogens is 2. The molecular formula is C70H101N9O26P2-2. The van der Waals surface area contributed by atoms with Crippen LogP contribution >= 0.6 is 15.6 Å². The van der Waals surface area contributed by atoms with Crippen LogP contribution in [0.3, 0.4) is 0 Å². The Hall–Kier alpha value is -6.67. The molecule has 0 bridgehead atoms. The number of fused-ring (bicyclic) bond motifs is 5. The number of carbonyl (C=O) groups excluding carboxylic acids is 3. The van der Waals surface area contributed by atoms with Gasteiger partial charge in [0.2, 0.25) is 11.8 Å². The molecule has 3 aliphatic heterocycles. The number of nitrogens with zero attached hydrogens (tertiary/aromatic N) is 6. The zero-order valence-electron chi connectivity index (χ0n) is 60.9. The molecule has 8 rings (SSSR count). The number of aliphatic hydroxyl groups excluding tert-OH is 1. The maximum absolute atomic E-state index is 14.1. The number of rotatable bonds is 53. The molecule has 2 saturated heterocycles. The minimum Gasteiger partial charge on any atom is -0.756 e. The van der Waals surface area contributed by atoms with Crippen LogP contribution in [0.2, 0.25) is 0 Å². The molecule has 3 aromatic heterocycles. The first kappa shape index (κ1) is 85.9. The summed E-state index contributed by atoms with van der Waals surface area (Å²) in [5.74, 6) is 0.0345. The number of hydrogen-bond donors (Lipinski definition) is 4. The molecule has 0 saturated carbocycles. The van der Waals surface area contributed by atoms with E-state index in [1.165, 1.54) is 45.5 Å². The first-order chi connectivity index (χ1) is 51.7. The molecule has 6 heterocycles. The number of amides is 2. The fourth-order valence-corrected chi connectivity index (χ4v) is 13.5. The Labute approximate surface area is 619 Å². The zero-order chi connectivity index (χ0) is 76.4. The van der Waals surface area contributed by atoms with Gasteiger partial charge in [-0.3, -0.25) is 52.2 Å². The zero-order valence-corrected chi connectivity index (χ0v) is 62.7. The first-order valence-electron chi connectivity index (χ1n) is 36.4. The molecule has 0 radical (unpaired) electrons. The Balaban J connectivity index is 0.631. The lowest BCUT2D eigenvalue weighted by Gasteiger charge is -2.30. The number of ether oxygens (including phenoxy) is 10. The molecule has 3 aliphatic rings. The topological polar surface area (TPSA) is 437 Å². The predicted molar refractivity (Wildman–Crippen MR) is 381 cm³/mol. The highest BCUT2D eigenvalue weighted by Gasteiger charge is 2.42. The van der Waals surface area contributed by atoms with E-state index >= 15 is 0 Å². The third-order valence-electron chi connectivity index (χ3n) is 17.5. The molecule has 2 amide bonds. The number of carbonyl (C=O) groups is 3. The van der Waals surface area contributed by atoms with Crippen molar-refractivity contribution in [1.29, 1.82) is 0 Å². The highest BCUT2D eigenvalue weighted by Crippen LogP contribution is 2.48. The number of nitrogens with one attached hydrogen (secondary N) is 3. The quantitative estimate of drug-likeness (QED) is 0.0315.